The van der Waals surface area contributed by atoms with Crippen LogP contribution in [0.5, 0.6) is 0 Å². The van der Waals surface area contributed by atoms with Crippen molar-refractivity contribution in [2.75, 3.05) is 11.9 Å². The molecule has 0 N–H and O–H groups in total. The first-order valence-electron chi connectivity index (χ1n) is 9.06. The van der Waals surface area contributed by atoms with Crippen molar-refractivity contribution in [2.24, 2.45) is 7.05 Å². The molecule has 1 amide bonds. The summed E-state index contributed by atoms with van der Waals surface area (Å²) < 4.78 is 16.3. The number of ketones is 1. The fraction of sp³-hybridized carbons (Fsp3) is 0.227. The van der Waals surface area contributed by atoms with Crippen LogP contribution in [0.4, 0.5) is 10.1 Å². The fourth-order valence-electron chi connectivity index (χ4n) is 3.01. The quantitative estimate of drug-likeness (QED) is 0.608. The normalized spacial score (nSPS) is 10.7. The topological polar surface area (TPSA) is 55.2 Å². The molecule has 0 saturated carbocycles. The number of nitrogens with zero attached hydrogens (tertiary/aromatic N) is 3. The van der Waals surface area contributed by atoms with E-state index < -0.39 is 5.82 Å². The Labute approximate surface area is 163 Å². The van der Waals surface area contributed by atoms with Gasteiger partial charge in [-0.1, -0.05) is 31.2 Å². The number of aromatic nitrogens is 2. The lowest BCUT2D eigenvalue weighted by Crippen LogP contribution is -2.25. The van der Waals surface area contributed by atoms with Crippen LogP contribution in [0.2, 0.25) is 0 Å². The first-order chi connectivity index (χ1) is 13.4. The van der Waals surface area contributed by atoms with Crippen molar-refractivity contribution in [1.29, 1.82) is 0 Å². The van der Waals surface area contributed by atoms with Crippen LogP contribution in [0.15, 0.2) is 54.9 Å². The van der Waals surface area contributed by atoms with Crippen molar-refractivity contribution in [3.63, 3.8) is 0 Å². The van der Waals surface area contributed by atoms with E-state index in [1.165, 1.54) is 11.0 Å². The number of hydrogen-bond acceptors (Lipinski definition) is 3. The predicted molar refractivity (Wildman–Crippen MR) is 107 cm³/mol. The Bertz CT molecular complexity index is 1010. The Hall–Kier alpha value is -3.28. The average Bonchev–Trinajstić information content (AvgIpc) is 3.11. The number of aryl methyl sites for hydroxylation is 1. The lowest BCUT2D eigenvalue weighted by atomic mass is 9.99. The molecule has 0 spiro atoms. The number of carbonyl (C=O) groups excluding carboxylic acids is 2. The molecule has 1 heterocycles. The zero-order chi connectivity index (χ0) is 20.3. The van der Waals surface area contributed by atoms with E-state index in [9.17, 15) is 14.0 Å². The number of halogens is 1. The summed E-state index contributed by atoms with van der Waals surface area (Å²) in [5, 5.41) is 4.06. The van der Waals surface area contributed by atoms with E-state index in [-0.39, 0.29) is 18.1 Å². The van der Waals surface area contributed by atoms with E-state index in [1.54, 1.807) is 68.3 Å². The Kier molecular flexibility index (Phi) is 5.68. The second-order valence-corrected chi connectivity index (χ2v) is 6.67. The van der Waals surface area contributed by atoms with Gasteiger partial charge in [0.05, 0.1) is 6.20 Å². The Morgan fingerprint density at radius 2 is 1.86 bits per heavy atom. The molecule has 0 aliphatic rings. The highest BCUT2D eigenvalue weighted by Crippen LogP contribution is 2.27. The van der Waals surface area contributed by atoms with E-state index in [2.05, 4.69) is 5.10 Å². The standard InChI is InChI=1S/C22H22FN3O2/c1-4-22(28)26(3)18-9-10-19(20(23)12-18)16-5-7-17(8-6-16)21(27)11-15-13-24-25(2)14-15/h5-10,12-14H,4,11H2,1-3H3. The maximum Gasteiger partial charge on any atom is 0.226 e. The van der Waals surface area contributed by atoms with E-state index in [0.717, 1.165) is 5.56 Å². The third-order valence-corrected chi connectivity index (χ3v) is 4.66. The summed E-state index contributed by atoms with van der Waals surface area (Å²) in [6, 6.07) is 11.6. The first kappa shape index (κ1) is 19.5. The van der Waals surface area contributed by atoms with Gasteiger partial charge in [-0.25, -0.2) is 4.39 Å². The molecule has 0 atom stereocenters. The molecule has 0 aliphatic carbocycles. The molecule has 0 aliphatic heterocycles. The highest BCUT2D eigenvalue weighted by atomic mass is 19.1. The van der Waals surface area contributed by atoms with Crippen LogP contribution in [0.1, 0.15) is 29.3 Å². The number of Topliss-reactive ketones (excluding diaryl/α,β-unsaturated/α-hetero) is 1. The van der Waals surface area contributed by atoms with E-state index in [1.807, 2.05) is 6.20 Å². The van der Waals surface area contributed by atoms with Crippen molar-refractivity contribution in [3.8, 4) is 11.1 Å². The van der Waals surface area contributed by atoms with Gasteiger partial charge in [-0.2, -0.15) is 5.10 Å². The molecular formula is C22H22FN3O2. The summed E-state index contributed by atoms with van der Waals surface area (Å²) in [6.07, 6.45) is 4.11. The van der Waals surface area contributed by atoms with Crippen molar-refractivity contribution in [2.45, 2.75) is 19.8 Å². The fourth-order valence-corrected chi connectivity index (χ4v) is 3.01. The summed E-state index contributed by atoms with van der Waals surface area (Å²) in [6.45, 7) is 1.76. The van der Waals surface area contributed by atoms with E-state index in [4.69, 9.17) is 0 Å². The minimum atomic E-state index is -0.414. The van der Waals surface area contributed by atoms with E-state index in [0.29, 0.717) is 28.8 Å². The van der Waals surface area contributed by atoms with Gasteiger partial charge < -0.3 is 4.90 Å². The molecule has 6 heteroatoms. The second-order valence-electron chi connectivity index (χ2n) is 6.67. The molecule has 0 bridgehead atoms. The van der Waals surface area contributed by atoms with Crippen LogP contribution in [0, 0.1) is 5.82 Å². The molecule has 1 aromatic heterocycles. The number of benzene rings is 2. The minimum Gasteiger partial charge on any atom is -0.315 e. The summed E-state index contributed by atoms with van der Waals surface area (Å²) in [5.41, 5.74) is 3.03. The van der Waals surface area contributed by atoms with Gasteiger partial charge in [-0.05, 0) is 29.3 Å². The minimum absolute atomic E-state index is 0.0185. The molecule has 0 fully saturated rings. The zero-order valence-corrected chi connectivity index (χ0v) is 16.1. The number of hydrogen-bond donors (Lipinski definition) is 0. The molecule has 5 nitrogen and oxygen atoms in total. The van der Waals surface area contributed by atoms with Gasteiger partial charge in [0, 0.05) is 49.9 Å². The van der Waals surface area contributed by atoms with Crippen LogP contribution in [-0.4, -0.2) is 28.5 Å². The summed E-state index contributed by atoms with van der Waals surface area (Å²) in [5.74, 6) is -0.513. The van der Waals surface area contributed by atoms with Crippen molar-refractivity contribution < 1.29 is 14.0 Å². The second kappa shape index (κ2) is 8.17. The Morgan fingerprint density at radius 1 is 1.14 bits per heavy atom. The van der Waals surface area contributed by atoms with Crippen LogP contribution in [0.3, 0.4) is 0 Å². The smallest absolute Gasteiger partial charge is 0.226 e. The molecule has 0 saturated heterocycles. The molecular weight excluding hydrogens is 357 g/mol. The number of anilines is 1. The van der Waals surface area contributed by atoms with Crippen LogP contribution in [-0.2, 0) is 18.3 Å². The highest BCUT2D eigenvalue weighted by Gasteiger charge is 2.13. The van der Waals surface area contributed by atoms with Gasteiger partial charge >= 0.3 is 0 Å². The third kappa shape index (κ3) is 4.17. The van der Waals surface area contributed by atoms with Gasteiger partial charge in [0.25, 0.3) is 0 Å². The maximum absolute atomic E-state index is 14.6. The largest absolute Gasteiger partial charge is 0.315 e. The SMILES string of the molecule is CCC(=O)N(C)c1ccc(-c2ccc(C(=O)Cc3cnn(C)c3)cc2)c(F)c1. The number of carbonyl (C=O) groups is 2. The summed E-state index contributed by atoms with van der Waals surface area (Å²) in [4.78, 5) is 25.6. The van der Waals surface area contributed by atoms with E-state index >= 15 is 0 Å². The van der Waals surface area contributed by atoms with Gasteiger partial charge in [-0.15, -0.1) is 0 Å². The summed E-state index contributed by atoms with van der Waals surface area (Å²) >= 11 is 0. The van der Waals surface area contributed by atoms with Gasteiger partial charge in [0.2, 0.25) is 5.91 Å². The maximum atomic E-state index is 14.6. The van der Waals surface area contributed by atoms with Crippen LogP contribution < -0.4 is 4.90 Å². The molecule has 144 valence electrons. The third-order valence-electron chi connectivity index (χ3n) is 4.66. The Morgan fingerprint density at radius 3 is 2.43 bits per heavy atom. The number of amides is 1. The van der Waals surface area contributed by atoms with Gasteiger partial charge in [-0.3, -0.25) is 14.3 Å². The van der Waals surface area contributed by atoms with Crippen molar-refractivity contribution in [3.05, 3.63) is 71.8 Å². The first-order valence-corrected chi connectivity index (χ1v) is 9.06. The molecule has 28 heavy (non-hydrogen) atoms. The Balaban J connectivity index is 1.77. The van der Waals surface area contributed by atoms with Crippen molar-refractivity contribution >= 4 is 17.4 Å². The van der Waals surface area contributed by atoms with Crippen molar-refractivity contribution in [1.82, 2.24) is 9.78 Å². The molecule has 0 unspecified atom stereocenters. The lowest BCUT2D eigenvalue weighted by molar-refractivity contribution is -0.118. The molecule has 0 radical (unpaired) electrons. The van der Waals surface area contributed by atoms with Crippen LogP contribution >= 0.6 is 0 Å². The van der Waals surface area contributed by atoms with Crippen LogP contribution in [0.25, 0.3) is 11.1 Å². The average molecular weight is 379 g/mol. The molecule has 3 aromatic rings. The number of rotatable bonds is 6. The highest BCUT2D eigenvalue weighted by molar-refractivity contribution is 5.98. The predicted octanol–water partition coefficient (Wildman–Crippen LogP) is 4.02. The molecule has 3 rings (SSSR count). The molecule has 2 aromatic carbocycles. The lowest BCUT2D eigenvalue weighted by Gasteiger charge is -2.17. The summed E-state index contributed by atoms with van der Waals surface area (Å²) in [7, 11) is 3.43. The van der Waals surface area contributed by atoms with Gasteiger partial charge in [0.15, 0.2) is 5.78 Å². The zero-order valence-electron chi connectivity index (χ0n) is 16.1. The van der Waals surface area contributed by atoms with Gasteiger partial charge in [0.1, 0.15) is 5.82 Å². The monoisotopic (exact) mass is 379 g/mol.